The highest BCUT2D eigenvalue weighted by molar-refractivity contribution is 6.07. The molecular weight excluding hydrogens is 613 g/mol. The fourth-order valence-corrected chi connectivity index (χ4v) is 7.68. The topological polar surface area (TPSA) is 108 Å². The molecule has 12 heteroatoms. The van der Waals surface area contributed by atoms with Crippen LogP contribution in [0.25, 0.3) is 11.1 Å². The Labute approximate surface area is 278 Å². The number of benzene rings is 2. The third-order valence-electron chi connectivity index (χ3n) is 10.4. The first kappa shape index (κ1) is 30.8. The molecule has 2 aromatic carbocycles. The van der Waals surface area contributed by atoms with Gasteiger partial charge in [-0.2, -0.15) is 5.10 Å². The van der Waals surface area contributed by atoms with E-state index >= 15 is 4.39 Å². The number of amides is 1. The Morgan fingerprint density at radius 3 is 2.46 bits per heavy atom. The summed E-state index contributed by atoms with van der Waals surface area (Å²) in [5.41, 5.74) is 5.92. The monoisotopic (exact) mass is 653 g/mol. The Hall–Kier alpha value is -4.52. The van der Waals surface area contributed by atoms with Crippen LogP contribution < -0.4 is 20.7 Å². The van der Waals surface area contributed by atoms with Gasteiger partial charge in [-0.1, -0.05) is 0 Å². The van der Waals surface area contributed by atoms with Crippen LogP contribution in [0.4, 0.5) is 27.1 Å². The number of hydrogen-bond acceptors (Lipinski definition) is 8. The second-order valence-corrected chi connectivity index (χ2v) is 13.2. The Kier molecular flexibility index (Phi) is 8.02. The van der Waals surface area contributed by atoms with Gasteiger partial charge in [-0.15, -0.1) is 0 Å². The average Bonchev–Trinajstić information content (AvgIpc) is 3.46. The molecule has 0 radical (unpaired) electrons. The quantitative estimate of drug-likeness (QED) is 0.311. The number of carbonyl (C=O) groups excluding carboxylic acids is 1. The molecule has 48 heavy (non-hydrogen) atoms. The Morgan fingerprint density at radius 2 is 1.73 bits per heavy atom. The third kappa shape index (κ3) is 5.37. The number of piperazine rings is 1. The molecule has 0 atom stereocenters. The molecule has 1 aliphatic carbocycles. The van der Waals surface area contributed by atoms with E-state index < -0.39 is 18.0 Å². The molecule has 0 spiro atoms. The molecule has 4 aromatic rings. The molecule has 2 aromatic heterocycles. The van der Waals surface area contributed by atoms with E-state index in [0.717, 1.165) is 70.8 Å². The standard InChI is InChI=1S/C36H40FN7O4/c1-40-36(47)34(39-25-6-8-26(9-7-25)41-10-12-42(13-11-41)27-21-48-22-27)29(19-38-40)28-17-24(37)18-32(30(28)20-45)44-15-14-43-31-5-3-2-4-23(31)16-33(43)35(44)46/h6-9,16-19,27,39,45H,2-5,10-15,20-22H2,1H3. The number of halogens is 1. The van der Waals surface area contributed by atoms with Crippen molar-refractivity contribution in [2.45, 2.75) is 44.9 Å². The summed E-state index contributed by atoms with van der Waals surface area (Å²) in [5.74, 6) is -0.799. The van der Waals surface area contributed by atoms with Crippen molar-refractivity contribution in [3.05, 3.63) is 87.3 Å². The minimum Gasteiger partial charge on any atom is -0.392 e. The van der Waals surface area contributed by atoms with Gasteiger partial charge in [0.25, 0.3) is 11.5 Å². The van der Waals surface area contributed by atoms with Crippen LogP contribution in [0.5, 0.6) is 0 Å². The predicted molar refractivity (Wildman–Crippen MR) is 182 cm³/mol. The summed E-state index contributed by atoms with van der Waals surface area (Å²) in [6.07, 6.45) is 5.62. The zero-order valence-electron chi connectivity index (χ0n) is 27.1. The molecular formula is C36H40FN7O4. The smallest absolute Gasteiger partial charge is 0.290 e. The fraction of sp³-hybridized carbons (Fsp3) is 0.417. The maximum absolute atomic E-state index is 15.5. The summed E-state index contributed by atoms with van der Waals surface area (Å²) >= 11 is 0. The van der Waals surface area contributed by atoms with Crippen LogP contribution in [-0.2, 0) is 37.8 Å². The highest BCUT2D eigenvalue weighted by Gasteiger charge is 2.33. The zero-order valence-corrected chi connectivity index (χ0v) is 27.1. The number of aryl methyl sites for hydroxylation is 2. The van der Waals surface area contributed by atoms with Crippen LogP contribution in [-0.4, -0.2) is 82.2 Å². The van der Waals surface area contributed by atoms with Gasteiger partial charge in [0.1, 0.15) is 17.2 Å². The second-order valence-electron chi connectivity index (χ2n) is 13.2. The minimum absolute atomic E-state index is 0.203. The molecule has 250 valence electrons. The van der Waals surface area contributed by atoms with Crippen LogP contribution in [0.3, 0.4) is 0 Å². The van der Waals surface area contributed by atoms with Crippen LogP contribution in [0.2, 0.25) is 0 Å². The van der Waals surface area contributed by atoms with Gasteiger partial charge in [-0.05, 0) is 79.3 Å². The van der Waals surface area contributed by atoms with Gasteiger partial charge >= 0.3 is 0 Å². The Balaban J connectivity index is 1.09. The number of aromatic nitrogens is 3. The van der Waals surface area contributed by atoms with E-state index in [0.29, 0.717) is 52.9 Å². The van der Waals surface area contributed by atoms with Gasteiger partial charge < -0.3 is 29.5 Å². The average molecular weight is 654 g/mol. The summed E-state index contributed by atoms with van der Waals surface area (Å²) in [5, 5.41) is 18.2. The Morgan fingerprint density at radius 1 is 0.958 bits per heavy atom. The molecule has 2 N–H and O–H groups in total. The third-order valence-corrected chi connectivity index (χ3v) is 10.4. The maximum Gasteiger partial charge on any atom is 0.290 e. The van der Waals surface area contributed by atoms with Crippen LogP contribution in [0.15, 0.2) is 53.5 Å². The molecule has 2 saturated heterocycles. The first-order chi connectivity index (χ1) is 23.4. The van der Waals surface area contributed by atoms with E-state index in [4.69, 9.17) is 4.74 Å². The van der Waals surface area contributed by atoms with Crippen molar-refractivity contribution in [2.24, 2.45) is 7.05 Å². The van der Waals surface area contributed by atoms with Crippen molar-refractivity contribution in [3.63, 3.8) is 0 Å². The van der Waals surface area contributed by atoms with Crippen molar-refractivity contribution in [3.8, 4) is 11.1 Å². The molecule has 0 unspecified atom stereocenters. The largest absolute Gasteiger partial charge is 0.392 e. The van der Waals surface area contributed by atoms with Gasteiger partial charge in [-0.3, -0.25) is 14.5 Å². The number of hydrogen-bond donors (Lipinski definition) is 2. The number of ether oxygens (including phenoxy) is 1. The number of aliphatic hydroxyl groups excluding tert-OH is 1. The second kappa shape index (κ2) is 12.5. The van der Waals surface area contributed by atoms with Crippen LogP contribution in [0, 0.1) is 5.82 Å². The number of rotatable bonds is 7. The molecule has 1 amide bonds. The van der Waals surface area contributed by atoms with Gasteiger partial charge in [0.2, 0.25) is 0 Å². The van der Waals surface area contributed by atoms with Crippen molar-refractivity contribution in [1.82, 2.24) is 19.2 Å². The van der Waals surface area contributed by atoms with Crippen LogP contribution >= 0.6 is 0 Å². The molecule has 3 aliphatic heterocycles. The summed E-state index contributed by atoms with van der Waals surface area (Å²) in [6.45, 7) is 5.95. The van der Waals surface area contributed by atoms with Gasteiger partial charge in [-0.25, -0.2) is 9.07 Å². The number of fused-ring (bicyclic) bond motifs is 3. The maximum atomic E-state index is 15.5. The van der Waals surface area contributed by atoms with Crippen molar-refractivity contribution in [2.75, 3.05) is 61.1 Å². The SMILES string of the molecule is Cn1ncc(-c2cc(F)cc(N3CCn4c(cc5c4CCCC5)C3=O)c2CO)c(Nc2ccc(N3CCN(C4COC4)CC3)cc2)c1=O. The number of nitrogens with zero attached hydrogens (tertiary/aromatic N) is 6. The highest BCUT2D eigenvalue weighted by Crippen LogP contribution is 2.38. The molecule has 11 nitrogen and oxygen atoms in total. The number of anilines is 4. The molecule has 4 aliphatic rings. The van der Waals surface area contributed by atoms with Gasteiger partial charge in [0.15, 0.2) is 0 Å². The molecule has 2 fully saturated rings. The first-order valence-corrected chi connectivity index (χ1v) is 16.9. The van der Waals surface area contributed by atoms with E-state index in [-0.39, 0.29) is 11.6 Å². The minimum atomic E-state index is -0.578. The molecule has 0 saturated carbocycles. The Bertz CT molecular complexity index is 1930. The van der Waals surface area contributed by atoms with Gasteiger partial charge in [0.05, 0.1) is 37.7 Å². The van der Waals surface area contributed by atoms with Crippen molar-refractivity contribution < 1.29 is 19.0 Å². The highest BCUT2D eigenvalue weighted by atomic mass is 19.1. The van der Waals surface area contributed by atoms with E-state index in [1.54, 1.807) is 11.9 Å². The lowest BCUT2D eigenvalue weighted by atomic mass is 9.97. The van der Waals surface area contributed by atoms with E-state index in [2.05, 4.69) is 24.8 Å². The normalized spacial score (nSPS) is 18.4. The van der Waals surface area contributed by atoms with Gasteiger partial charge in [0, 0.05) is 74.5 Å². The van der Waals surface area contributed by atoms with E-state index in [9.17, 15) is 14.7 Å². The lowest BCUT2D eigenvalue weighted by Gasteiger charge is -2.43. The zero-order chi connectivity index (χ0) is 32.9. The summed E-state index contributed by atoms with van der Waals surface area (Å²) in [4.78, 5) is 33.8. The van der Waals surface area contributed by atoms with E-state index in [1.165, 1.54) is 34.3 Å². The fourth-order valence-electron chi connectivity index (χ4n) is 7.68. The van der Waals surface area contributed by atoms with Crippen molar-refractivity contribution >= 4 is 28.7 Å². The number of aliphatic hydroxyl groups is 1. The van der Waals surface area contributed by atoms with Crippen LogP contribution in [0.1, 0.15) is 40.2 Å². The number of carbonyl (C=O) groups is 1. The van der Waals surface area contributed by atoms with Crippen molar-refractivity contribution in [1.29, 1.82) is 0 Å². The summed E-state index contributed by atoms with van der Waals surface area (Å²) in [7, 11) is 1.56. The summed E-state index contributed by atoms with van der Waals surface area (Å²) in [6, 6.07) is 13.0. The van der Waals surface area contributed by atoms with E-state index in [1.807, 2.05) is 30.3 Å². The molecule has 0 bridgehead atoms. The molecule has 5 heterocycles. The first-order valence-electron chi connectivity index (χ1n) is 16.9. The lowest BCUT2D eigenvalue weighted by Crippen LogP contribution is -2.56. The predicted octanol–water partition coefficient (Wildman–Crippen LogP) is 3.68. The lowest BCUT2D eigenvalue weighted by molar-refractivity contribution is -0.0660. The molecule has 8 rings (SSSR count). The summed E-state index contributed by atoms with van der Waals surface area (Å²) < 4.78 is 24.2. The number of nitrogens with one attached hydrogen (secondary N) is 1.